The van der Waals surface area contributed by atoms with Gasteiger partial charge in [0.15, 0.2) is 0 Å². The Balaban J connectivity index is 3.14. The summed E-state index contributed by atoms with van der Waals surface area (Å²) >= 11 is 7.95. The summed E-state index contributed by atoms with van der Waals surface area (Å²) < 4.78 is 1.61. The van der Waals surface area contributed by atoms with E-state index >= 15 is 0 Å². The van der Waals surface area contributed by atoms with E-state index in [2.05, 4.69) is 85.3 Å². The fraction of sp³-hybridized carbons (Fsp3) is 0.143. The molecule has 0 saturated heterocycles. The molecule has 4 heteroatoms. The van der Waals surface area contributed by atoms with Crippen molar-refractivity contribution in [2.24, 2.45) is 0 Å². The molecule has 0 fully saturated rings. The van der Waals surface area contributed by atoms with Crippen molar-refractivity contribution in [3.63, 3.8) is 0 Å². The molecule has 0 spiro atoms. The van der Waals surface area contributed by atoms with Crippen LogP contribution in [0.25, 0.3) is 0 Å². The number of rotatable bonds is 1. The van der Waals surface area contributed by atoms with E-state index in [4.69, 9.17) is 0 Å². The topological polar surface area (TPSA) is 0 Å². The van der Waals surface area contributed by atoms with Gasteiger partial charge in [-0.3, -0.25) is 0 Å². The van der Waals surface area contributed by atoms with Gasteiger partial charge in [0, 0.05) is 0 Å². The molecule has 0 aliphatic rings. The molecule has 0 radical (unpaired) electrons. The second-order valence-corrected chi connectivity index (χ2v) is 71.4. The Kier molecular flexibility index (Phi) is 4.84. The second kappa shape index (κ2) is 4.69. The van der Waals surface area contributed by atoms with Crippen LogP contribution in [-0.2, 0) is 7.70 Å². The summed E-state index contributed by atoms with van der Waals surface area (Å²) in [6.07, 6.45) is 0. The van der Waals surface area contributed by atoms with E-state index in [9.17, 15) is 0 Å². The first kappa shape index (κ1) is 11.4. The van der Waals surface area contributed by atoms with Gasteiger partial charge in [0.2, 0.25) is 0 Å². The van der Waals surface area contributed by atoms with Crippen molar-refractivity contribution in [3.05, 3.63) is 29.8 Å². The van der Waals surface area contributed by atoms with Crippen LogP contribution < -0.4 is 3.27 Å². The Morgan fingerprint density at radius 1 is 1.09 bits per heavy atom. The molecule has 1 rings (SSSR count). The zero-order valence-corrected chi connectivity index (χ0v) is 14.9. The van der Waals surface area contributed by atoms with Crippen LogP contribution in [0, 0.1) is 6.92 Å². The average Bonchev–Trinajstić information content (AvgIpc) is 1.86. The molecule has 0 N–H and O–H groups in total. The summed E-state index contributed by atoms with van der Waals surface area (Å²) in [4.78, 5) is 0. The van der Waals surface area contributed by atoms with Crippen molar-refractivity contribution >= 4 is 57.4 Å². The normalized spacial score (nSPS) is 11.6. The van der Waals surface area contributed by atoms with Gasteiger partial charge in [-0.1, -0.05) is 0 Å². The summed E-state index contributed by atoms with van der Waals surface area (Å²) in [5.41, 5.74) is 1.46. The van der Waals surface area contributed by atoms with Crippen molar-refractivity contribution in [2.75, 3.05) is 0 Å². The molecule has 0 aliphatic heterocycles. The summed E-state index contributed by atoms with van der Waals surface area (Å²) in [6.45, 7) is 2.21. The minimum absolute atomic E-state index is 1.46. The maximum absolute atomic E-state index is 2.65. The first-order valence-corrected chi connectivity index (χ1v) is 26.3. The Hall–Kier alpha value is 2.29. The van der Waals surface area contributed by atoms with E-state index in [-0.39, 0.29) is 0 Å². The third kappa shape index (κ3) is 3.50. The predicted molar refractivity (Wildman–Crippen MR) is 72.9 cm³/mol. The van der Waals surface area contributed by atoms with Gasteiger partial charge < -0.3 is 0 Å². The van der Waals surface area contributed by atoms with Crippen LogP contribution >= 0.6 is 54.1 Å². The quantitative estimate of drug-likeness (QED) is 0.457. The second-order valence-electron chi connectivity index (χ2n) is 2.31. The monoisotopic (exact) mass is 562 g/mol. The average molecular weight is 563 g/mol. The number of benzene rings is 1. The third-order valence-corrected chi connectivity index (χ3v) is 14.6. The van der Waals surface area contributed by atoms with E-state index in [1.54, 1.807) is 3.27 Å². The van der Waals surface area contributed by atoms with E-state index in [1.807, 2.05) is 0 Å². The van der Waals surface area contributed by atoms with Crippen molar-refractivity contribution < 1.29 is 7.70 Å². The van der Waals surface area contributed by atoms with Gasteiger partial charge in [0.05, 0.1) is 0 Å². The van der Waals surface area contributed by atoms with Crippen LogP contribution in [0.1, 0.15) is 5.56 Å². The molecule has 0 nitrogen and oxygen atoms in total. The van der Waals surface area contributed by atoms with Gasteiger partial charge in [-0.25, -0.2) is 0 Å². The van der Waals surface area contributed by atoms with Gasteiger partial charge in [-0.2, -0.15) is 0 Å². The molecule has 0 heterocycles. The van der Waals surface area contributed by atoms with Crippen molar-refractivity contribution in [3.8, 4) is 0 Å². The molecule has 0 atom stereocenters. The van der Waals surface area contributed by atoms with Crippen molar-refractivity contribution in [1.82, 2.24) is 0 Å². The van der Waals surface area contributed by atoms with Crippen LogP contribution in [0.15, 0.2) is 24.3 Å². The number of aryl methyl sites for hydroxylation is 1. The summed E-state index contributed by atoms with van der Waals surface area (Å²) in [7, 11) is -1.86. The molecule has 11 heavy (non-hydrogen) atoms. The summed E-state index contributed by atoms with van der Waals surface area (Å²) in [5.74, 6) is 0. The fourth-order valence-electron chi connectivity index (χ4n) is 0.891. The zero-order valence-electron chi connectivity index (χ0n) is 5.94. The van der Waals surface area contributed by atoms with Crippen LogP contribution in [0.3, 0.4) is 0 Å². The van der Waals surface area contributed by atoms with Crippen molar-refractivity contribution in [1.29, 1.82) is 0 Å². The Labute approximate surface area is 99.4 Å². The molecule has 0 aromatic heterocycles. The molecule has 0 saturated carbocycles. The van der Waals surface area contributed by atoms with Gasteiger partial charge in [-0.05, 0) is 0 Å². The number of halogens is 3. The van der Waals surface area contributed by atoms with Gasteiger partial charge in [0.1, 0.15) is 0 Å². The Bertz CT molecular complexity index is 254. The van der Waals surface area contributed by atoms with Crippen LogP contribution in [0.4, 0.5) is 0 Å². The van der Waals surface area contributed by atoms with Gasteiger partial charge in [0.25, 0.3) is 0 Å². The van der Waals surface area contributed by atoms with Gasteiger partial charge in [-0.15, -0.1) is 0 Å². The molecule has 0 aliphatic carbocycles. The Morgan fingerprint density at radius 3 is 2.00 bits per heavy atom. The van der Waals surface area contributed by atoms with Crippen molar-refractivity contribution in [2.45, 2.75) is 6.92 Å². The predicted octanol–water partition coefficient (Wildman–Crippen LogP) is 3.82. The maximum atomic E-state index is 2.65. The van der Waals surface area contributed by atoms with E-state index < -0.39 is 7.70 Å². The van der Waals surface area contributed by atoms with E-state index in [1.165, 1.54) is 5.56 Å². The molecule has 0 bridgehead atoms. The summed E-state index contributed by atoms with van der Waals surface area (Å²) in [5, 5.41) is 0. The van der Waals surface area contributed by atoms with E-state index in [0.29, 0.717) is 0 Å². The fourth-order valence-corrected chi connectivity index (χ4v) is 13.6. The molecular formula is C7H7I3Zr. The SMILES string of the molecule is Cc1cccc[c]1[Zr]([I])([I])[I]. The first-order valence-electron chi connectivity index (χ1n) is 3.14. The van der Waals surface area contributed by atoms with Crippen LogP contribution in [0.5, 0.6) is 0 Å². The molecule has 60 valence electrons. The van der Waals surface area contributed by atoms with E-state index in [0.717, 1.165) is 0 Å². The van der Waals surface area contributed by atoms with Crippen LogP contribution in [0.2, 0.25) is 0 Å². The molecule has 1 aromatic carbocycles. The number of hydrogen-bond acceptors (Lipinski definition) is 0. The molecular weight excluding hydrogens is 556 g/mol. The third-order valence-electron chi connectivity index (χ3n) is 1.45. The standard InChI is InChI=1S/C7H7.3HI.Zr/c1-7-5-3-2-4-6-7;;;;/h2-5H,1H3;3*1H;/q;;;;+3/p-3. The molecule has 0 amide bonds. The number of hydrogen-bond donors (Lipinski definition) is 0. The minimum atomic E-state index is -1.86. The zero-order chi connectivity index (χ0) is 8.48. The molecule has 0 unspecified atom stereocenters. The van der Waals surface area contributed by atoms with Gasteiger partial charge >= 0.3 is 102 Å². The molecule has 1 aromatic rings. The van der Waals surface area contributed by atoms with Crippen LogP contribution in [-0.4, -0.2) is 0 Å². The first-order chi connectivity index (χ1) is 5.02. The summed E-state index contributed by atoms with van der Waals surface area (Å²) in [6, 6.07) is 8.73. The Morgan fingerprint density at radius 2 is 1.64 bits per heavy atom.